The zero-order chi connectivity index (χ0) is 21.4. The molecule has 0 spiro atoms. The Labute approximate surface area is 183 Å². The van der Waals surface area contributed by atoms with E-state index in [1.54, 1.807) is 0 Å². The Morgan fingerprint density at radius 1 is 0.774 bits per heavy atom. The van der Waals surface area contributed by atoms with Crippen molar-refractivity contribution in [3.05, 3.63) is 101 Å². The van der Waals surface area contributed by atoms with E-state index in [4.69, 9.17) is 0 Å². The molecule has 31 heavy (non-hydrogen) atoms. The molecule has 2 aliphatic rings. The molecule has 0 saturated heterocycles. The Hall–Kier alpha value is -3.53. The second-order valence-electron chi connectivity index (χ2n) is 8.57. The minimum Gasteiger partial charge on any atom is -0.378 e. The smallest absolute Gasteiger partial charge is 0.163 e. The van der Waals surface area contributed by atoms with Crippen LogP contribution >= 0.6 is 0 Å². The zero-order valence-electron chi connectivity index (χ0n) is 17.9. The van der Waals surface area contributed by atoms with Crippen molar-refractivity contribution >= 4 is 22.8 Å². The molecule has 0 unspecified atom stereocenters. The quantitative estimate of drug-likeness (QED) is 0.580. The number of Topliss-reactive ketones (excluding diaryl/α,β-unsaturated/α-hetero) is 1. The number of rotatable bonds is 3. The second kappa shape index (κ2) is 7.95. The summed E-state index contributed by atoms with van der Waals surface area (Å²) >= 11 is 0. The van der Waals surface area contributed by atoms with Crippen LogP contribution in [-0.2, 0) is 4.79 Å². The molecule has 156 valence electrons. The lowest BCUT2D eigenvalue weighted by molar-refractivity contribution is -0.116. The molecule has 0 saturated carbocycles. The second-order valence-corrected chi connectivity index (χ2v) is 8.57. The van der Waals surface area contributed by atoms with E-state index in [0.29, 0.717) is 6.42 Å². The molecule has 5 rings (SSSR count). The molecule has 0 bridgehead atoms. The normalized spacial score (nSPS) is 20.1. The maximum Gasteiger partial charge on any atom is 0.163 e. The Morgan fingerprint density at radius 3 is 2.16 bits per heavy atom. The number of nitrogens with one attached hydrogen (secondary N) is 2. The molecule has 3 aromatic carbocycles. The summed E-state index contributed by atoms with van der Waals surface area (Å²) in [5, 5.41) is 7.24. The molecule has 0 amide bonds. The van der Waals surface area contributed by atoms with Crippen LogP contribution in [0.1, 0.15) is 35.9 Å². The highest BCUT2D eigenvalue weighted by Gasteiger charge is 2.35. The maximum absolute atomic E-state index is 13.5. The summed E-state index contributed by atoms with van der Waals surface area (Å²) in [6.07, 6.45) is 1.35. The number of carbonyl (C=O) groups is 1. The van der Waals surface area contributed by atoms with Crippen LogP contribution in [0.15, 0.2) is 90.1 Å². The van der Waals surface area contributed by atoms with Crippen LogP contribution in [0.25, 0.3) is 0 Å². The van der Waals surface area contributed by atoms with Gasteiger partial charge in [-0.15, -0.1) is 0 Å². The Balaban J connectivity index is 1.55. The third-order valence-electron chi connectivity index (χ3n) is 6.32. The number of hydrogen-bond donors (Lipinski definition) is 2. The summed E-state index contributed by atoms with van der Waals surface area (Å²) in [6, 6.07) is 26.9. The van der Waals surface area contributed by atoms with E-state index < -0.39 is 0 Å². The van der Waals surface area contributed by atoms with E-state index in [0.717, 1.165) is 34.6 Å². The molecule has 0 fully saturated rings. The molecule has 1 heterocycles. The Bertz CT molecular complexity index is 1130. The molecule has 0 radical (unpaired) electrons. The van der Waals surface area contributed by atoms with Crippen LogP contribution in [0.4, 0.5) is 17.1 Å². The van der Waals surface area contributed by atoms with Crippen LogP contribution in [0.5, 0.6) is 0 Å². The lowest BCUT2D eigenvalue weighted by Gasteiger charge is -2.30. The first-order chi connectivity index (χ1) is 15.1. The van der Waals surface area contributed by atoms with Crippen molar-refractivity contribution in [2.45, 2.75) is 24.8 Å². The highest BCUT2D eigenvalue weighted by Crippen LogP contribution is 2.44. The van der Waals surface area contributed by atoms with Crippen LogP contribution in [0.2, 0.25) is 0 Å². The summed E-state index contributed by atoms with van der Waals surface area (Å²) in [5.41, 5.74) is 7.42. The minimum atomic E-state index is -0.156. The van der Waals surface area contributed by atoms with Crippen molar-refractivity contribution in [2.75, 3.05) is 29.6 Å². The summed E-state index contributed by atoms with van der Waals surface area (Å²) in [7, 11) is 4.08. The topological polar surface area (TPSA) is 44.4 Å². The molecular weight excluding hydrogens is 382 g/mol. The fourth-order valence-corrected chi connectivity index (χ4v) is 4.67. The molecule has 2 N–H and O–H groups in total. The van der Waals surface area contributed by atoms with E-state index in [-0.39, 0.29) is 17.7 Å². The Morgan fingerprint density at radius 2 is 1.45 bits per heavy atom. The third kappa shape index (κ3) is 3.70. The number of allylic oxidation sites excluding steroid dienone is 1. The number of hydrogen-bond acceptors (Lipinski definition) is 4. The number of fused-ring (bicyclic) bond motifs is 1. The maximum atomic E-state index is 13.5. The summed E-state index contributed by atoms with van der Waals surface area (Å²) < 4.78 is 0. The number of anilines is 3. The van der Waals surface area contributed by atoms with Gasteiger partial charge in [0.05, 0.1) is 17.4 Å². The van der Waals surface area contributed by atoms with Crippen molar-refractivity contribution < 1.29 is 4.79 Å². The average Bonchev–Trinajstić information content (AvgIpc) is 2.96. The first-order valence-corrected chi connectivity index (χ1v) is 10.8. The molecule has 1 aliphatic carbocycles. The first kappa shape index (κ1) is 19.4. The van der Waals surface area contributed by atoms with E-state index in [1.165, 1.54) is 11.3 Å². The van der Waals surface area contributed by atoms with E-state index in [1.807, 2.05) is 44.4 Å². The van der Waals surface area contributed by atoms with Gasteiger partial charge in [-0.2, -0.15) is 0 Å². The van der Waals surface area contributed by atoms with Gasteiger partial charge in [0, 0.05) is 37.5 Å². The SMILES string of the molecule is CN(C)c1ccc([C@H]2CC(=O)C3=C(C2)Nc2ccccc2N[C@@H]3c2ccccc2)cc1. The predicted molar refractivity (Wildman–Crippen MR) is 128 cm³/mol. The predicted octanol–water partition coefficient (Wildman–Crippen LogP) is 5.73. The van der Waals surface area contributed by atoms with Crippen LogP contribution < -0.4 is 15.5 Å². The summed E-state index contributed by atoms with van der Waals surface area (Å²) in [5.74, 6) is 0.390. The lowest BCUT2D eigenvalue weighted by Crippen LogP contribution is -2.26. The molecule has 4 nitrogen and oxygen atoms in total. The molecule has 0 aromatic heterocycles. The van der Waals surface area contributed by atoms with Gasteiger partial charge in [-0.25, -0.2) is 0 Å². The number of ketones is 1. The molecular formula is C27H27N3O. The van der Waals surface area contributed by atoms with Gasteiger partial charge in [-0.1, -0.05) is 54.6 Å². The fourth-order valence-electron chi connectivity index (χ4n) is 4.67. The van der Waals surface area contributed by atoms with Crippen molar-refractivity contribution in [3.8, 4) is 0 Å². The number of nitrogens with zero attached hydrogens (tertiary/aromatic N) is 1. The van der Waals surface area contributed by atoms with Gasteiger partial charge in [0.2, 0.25) is 0 Å². The van der Waals surface area contributed by atoms with Gasteiger partial charge >= 0.3 is 0 Å². The lowest BCUT2D eigenvalue weighted by atomic mass is 9.78. The third-order valence-corrected chi connectivity index (χ3v) is 6.32. The minimum absolute atomic E-state index is 0.156. The number of benzene rings is 3. The van der Waals surface area contributed by atoms with Crippen LogP contribution in [0, 0.1) is 0 Å². The van der Waals surface area contributed by atoms with Crippen LogP contribution in [0.3, 0.4) is 0 Å². The van der Waals surface area contributed by atoms with E-state index in [9.17, 15) is 4.79 Å². The highest BCUT2D eigenvalue weighted by molar-refractivity contribution is 6.01. The van der Waals surface area contributed by atoms with Gasteiger partial charge in [0.25, 0.3) is 0 Å². The highest BCUT2D eigenvalue weighted by atomic mass is 16.1. The molecule has 3 aromatic rings. The molecule has 4 heteroatoms. The van der Waals surface area contributed by atoms with Crippen molar-refractivity contribution in [2.24, 2.45) is 0 Å². The monoisotopic (exact) mass is 409 g/mol. The Kier molecular flexibility index (Phi) is 4.99. The van der Waals surface area contributed by atoms with Gasteiger partial charge in [-0.3, -0.25) is 4.79 Å². The summed E-state index contributed by atoms with van der Waals surface area (Å²) in [4.78, 5) is 15.6. The van der Waals surface area contributed by atoms with Crippen LogP contribution in [-0.4, -0.2) is 19.9 Å². The fraction of sp³-hybridized carbons (Fsp3) is 0.222. The summed E-state index contributed by atoms with van der Waals surface area (Å²) in [6.45, 7) is 0. The zero-order valence-corrected chi connectivity index (χ0v) is 17.9. The van der Waals surface area contributed by atoms with E-state index in [2.05, 4.69) is 64.1 Å². The molecule has 2 atom stereocenters. The first-order valence-electron chi connectivity index (χ1n) is 10.8. The number of carbonyl (C=O) groups excluding carboxylic acids is 1. The van der Waals surface area contributed by atoms with Crippen molar-refractivity contribution in [1.82, 2.24) is 0 Å². The van der Waals surface area contributed by atoms with Gasteiger partial charge in [0.15, 0.2) is 5.78 Å². The van der Waals surface area contributed by atoms with Gasteiger partial charge < -0.3 is 15.5 Å². The van der Waals surface area contributed by atoms with Gasteiger partial charge in [-0.05, 0) is 47.7 Å². The average molecular weight is 410 g/mol. The van der Waals surface area contributed by atoms with Gasteiger partial charge in [0.1, 0.15) is 0 Å². The van der Waals surface area contributed by atoms with Crippen molar-refractivity contribution in [1.29, 1.82) is 0 Å². The van der Waals surface area contributed by atoms with E-state index >= 15 is 0 Å². The molecule has 1 aliphatic heterocycles. The van der Waals surface area contributed by atoms with Crippen molar-refractivity contribution in [3.63, 3.8) is 0 Å². The number of para-hydroxylation sites is 2. The largest absolute Gasteiger partial charge is 0.378 e. The standard InChI is InChI=1S/C27H27N3O/c1-30(2)21-14-12-18(13-15-21)20-16-24-26(25(31)17-20)27(19-8-4-3-5-9-19)29-23-11-7-6-10-22(23)28-24/h3-15,20,27-29H,16-17H2,1-2H3/t20-,27-/m1/s1.